The SMILES string of the molecule is COc1ccccc1NS(=O)(=O)c1cccc(NC(=S)NC2CCCCC2)c1. The molecule has 1 saturated carbocycles. The fourth-order valence-corrected chi connectivity index (χ4v) is 4.67. The third-order valence-electron chi connectivity index (χ3n) is 4.69. The van der Waals surface area contributed by atoms with E-state index in [4.69, 9.17) is 17.0 Å². The zero-order chi connectivity index (χ0) is 20.0. The van der Waals surface area contributed by atoms with E-state index < -0.39 is 10.0 Å². The van der Waals surface area contributed by atoms with Gasteiger partial charge >= 0.3 is 0 Å². The van der Waals surface area contributed by atoms with Crippen LogP contribution in [-0.4, -0.2) is 26.7 Å². The Kier molecular flexibility index (Phi) is 6.74. The van der Waals surface area contributed by atoms with Gasteiger partial charge in [-0.05, 0) is 55.4 Å². The predicted molar refractivity (Wildman–Crippen MR) is 116 cm³/mol. The first kappa shape index (κ1) is 20.4. The summed E-state index contributed by atoms with van der Waals surface area (Å²) in [6, 6.07) is 13.8. The molecule has 0 spiro atoms. The van der Waals surface area contributed by atoms with Crippen molar-refractivity contribution in [3.63, 3.8) is 0 Å². The number of ether oxygens (including phenoxy) is 1. The van der Waals surface area contributed by atoms with Gasteiger partial charge in [-0.2, -0.15) is 0 Å². The summed E-state index contributed by atoms with van der Waals surface area (Å²) in [7, 11) is -2.27. The van der Waals surface area contributed by atoms with E-state index >= 15 is 0 Å². The molecule has 3 rings (SSSR count). The second kappa shape index (κ2) is 9.25. The minimum atomic E-state index is -3.77. The van der Waals surface area contributed by atoms with Crippen LogP contribution in [0.2, 0.25) is 0 Å². The number of thiocarbonyl (C=S) groups is 1. The van der Waals surface area contributed by atoms with Crippen molar-refractivity contribution in [1.82, 2.24) is 5.32 Å². The molecule has 150 valence electrons. The lowest BCUT2D eigenvalue weighted by Crippen LogP contribution is -2.38. The second-order valence-electron chi connectivity index (χ2n) is 6.77. The van der Waals surface area contributed by atoms with Gasteiger partial charge in [0.1, 0.15) is 5.75 Å². The van der Waals surface area contributed by atoms with Crippen LogP contribution in [0.3, 0.4) is 0 Å². The van der Waals surface area contributed by atoms with Crippen LogP contribution in [0.25, 0.3) is 0 Å². The summed E-state index contributed by atoms with van der Waals surface area (Å²) >= 11 is 5.39. The number of rotatable bonds is 6. The van der Waals surface area contributed by atoms with Crippen LogP contribution in [-0.2, 0) is 10.0 Å². The van der Waals surface area contributed by atoms with E-state index in [1.807, 2.05) is 0 Å². The van der Waals surface area contributed by atoms with E-state index in [-0.39, 0.29) is 4.90 Å². The molecule has 3 N–H and O–H groups in total. The van der Waals surface area contributed by atoms with E-state index in [0.29, 0.717) is 28.3 Å². The molecule has 1 fully saturated rings. The molecule has 28 heavy (non-hydrogen) atoms. The standard InChI is InChI=1S/C20H25N3O3S2/c1-26-19-13-6-5-12-18(19)23-28(24,25)17-11-7-10-16(14-17)22-20(27)21-15-8-3-2-4-9-15/h5-7,10-15,23H,2-4,8-9H2,1H3,(H2,21,22,27). The Balaban J connectivity index is 1.70. The van der Waals surface area contributed by atoms with Crippen LogP contribution >= 0.6 is 12.2 Å². The molecule has 0 heterocycles. The Bertz CT molecular complexity index is 926. The van der Waals surface area contributed by atoms with Crippen LogP contribution in [0.1, 0.15) is 32.1 Å². The highest BCUT2D eigenvalue weighted by molar-refractivity contribution is 7.92. The lowest BCUT2D eigenvalue weighted by molar-refractivity contribution is 0.415. The molecule has 0 saturated heterocycles. The first-order chi connectivity index (χ1) is 13.5. The fourth-order valence-electron chi connectivity index (χ4n) is 3.27. The monoisotopic (exact) mass is 419 g/mol. The molecule has 0 atom stereocenters. The second-order valence-corrected chi connectivity index (χ2v) is 8.86. The zero-order valence-corrected chi connectivity index (χ0v) is 17.4. The van der Waals surface area contributed by atoms with Crippen molar-refractivity contribution in [1.29, 1.82) is 0 Å². The van der Waals surface area contributed by atoms with Crippen molar-refractivity contribution in [3.8, 4) is 5.75 Å². The molecule has 0 aliphatic heterocycles. The maximum Gasteiger partial charge on any atom is 0.262 e. The van der Waals surface area contributed by atoms with Gasteiger partial charge in [0, 0.05) is 11.7 Å². The molecule has 2 aromatic carbocycles. The molecule has 1 aliphatic carbocycles. The normalized spacial score (nSPS) is 14.9. The van der Waals surface area contributed by atoms with Crippen LogP contribution in [0.5, 0.6) is 5.75 Å². The molecular weight excluding hydrogens is 394 g/mol. The Labute approximate surface area is 171 Å². The largest absolute Gasteiger partial charge is 0.495 e. The molecule has 0 amide bonds. The van der Waals surface area contributed by atoms with Crippen LogP contribution in [0.15, 0.2) is 53.4 Å². The summed E-state index contributed by atoms with van der Waals surface area (Å²) in [6.45, 7) is 0. The van der Waals surface area contributed by atoms with Gasteiger partial charge in [-0.15, -0.1) is 0 Å². The van der Waals surface area contributed by atoms with Gasteiger partial charge in [-0.3, -0.25) is 4.72 Å². The molecule has 1 aliphatic rings. The number of sulfonamides is 1. The molecule has 0 aromatic heterocycles. The minimum absolute atomic E-state index is 0.142. The summed E-state index contributed by atoms with van der Waals surface area (Å²) in [6.07, 6.45) is 5.92. The van der Waals surface area contributed by atoms with E-state index in [2.05, 4.69) is 15.4 Å². The summed E-state index contributed by atoms with van der Waals surface area (Å²) in [5.41, 5.74) is 1.01. The molecule has 2 aromatic rings. The topological polar surface area (TPSA) is 79.5 Å². The van der Waals surface area contributed by atoms with Gasteiger partial charge in [0.15, 0.2) is 5.11 Å². The first-order valence-electron chi connectivity index (χ1n) is 9.31. The smallest absolute Gasteiger partial charge is 0.262 e. The average Bonchev–Trinajstić information content (AvgIpc) is 2.69. The van der Waals surface area contributed by atoms with Crippen molar-refractivity contribution < 1.29 is 13.2 Å². The van der Waals surface area contributed by atoms with Crippen molar-refractivity contribution >= 4 is 38.7 Å². The van der Waals surface area contributed by atoms with Gasteiger partial charge in [0.2, 0.25) is 0 Å². The molecule has 0 bridgehead atoms. The highest BCUT2D eigenvalue weighted by Gasteiger charge is 2.18. The van der Waals surface area contributed by atoms with Crippen molar-refractivity contribution in [2.75, 3.05) is 17.1 Å². The lowest BCUT2D eigenvalue weighted by atomic mass is 9.96. The number of benzene rings is 2. The molecule has 6 nitrogen and oxygen atoms in total. The summed E-state index contributed by atoms with van der Waals surface area (Å²) in [4.78, 5) is 0.142. The number of para-hydroxylation sites is 2. The van der Waals surface area contributed by atoms with Gasteiger partial charge in [0.25, 0.3) is 10.0 Å². The number of anilines is 2. The molecular formula is C20H25N3O3S2. The number of methoxy groups -OCH3 is 1. The Morgan fingerprint density at radius 2 is 1.82 bits per heavy atom. The lowest BCUT2D eigenvalue weighted by Gasteiger charge is -2.24. The minimum Gasteiger partial charge on any atom is -0.495 e. The van der Waals surface area contributed by atoms with Crippen molar-refractivity contribution in [2.45, 2.75) is 43.0 Å². The summed E-state index contributed by atoms with van der Waals surface area (Å²) in [5, 5.41) is 6.92. The van der Waals surface area contributed by atoms with E-state index in [0.717, 1.165) is 12.8 Å². The summed E-state index contributed by atoms with van der Waals surface area (Å²) < 4.78 is 33.3. The Hall–Kier alpha value is -2.32. The number of nitrogens with one attached hydrogen (secondary N) is 3. The third-order valence-corrected chi connectivity index (χ3v) is 6.28. The van der Waals surface area contributed by atoms with Gasteiger partial charge < -0.3 is 15.4 Å². The Morgan fingerprint density at radius 1 is 1.07 bits per heavy atom. The molecule has 0 unspecified atom stereocenters. The highest BCUT2D eigenvalue weighted by Crippen LogP contribution is 2.27. The van der Waals surface area contributed by atoms with E-state index in [1.165, 1.54) is 26.4 Å². The van der Waals surface area contributed by atoms with Crippen LogP contribution in [0, 0.1) is 0 Å². The first-order valence-corrected chi connectivity index (χ1v) is 11.2. The van der Waals surface area contributed by atoms with Gasteiger partial charge in [0.05, 0.1) is 17.7 Å². The fraction of sp³-hybridized carbons (Fsp3) is 0.350. The number of hydrogen-bond donors (Lipinski definition) is 3. The van der Waals surface area contributed by atoms with Crippen LogP contribution in [0.4, 0.5) is 11.4 Å². The zero-order valence-electron chi connectivity index (χ0n) is 15.8. The molecule has 0 radical (unpaired) electrons. The van der Waals surface area contributed by atoms with Crippen molar-refractivity contribution in [2.24, 2.45) is 0 Å². The third kappa shape index (κ3) is 5.36. The Morgan fingerprint density at radius 3 is 2.57 bits per heavy atom. The molecule has 8 heteroatoms. The maximum atomic E-state index is 12.8. The van der Waals surface area contributed by atoms with Gasteiger partial charge in [-0.25, -0.2) is 8.42 Å². The van der Waals surface area contributed by atoms with E-state index in [1.54, 1.807) is 48.5 Å². The van der Waals surface area contributed by atoms with Crippen molar-refractivity contribution in [3.05, 3.63) is 48.5 Å². The average molecular weight is 420 g/mol. The summed E-state index contributed by atoms with van der Waals surface area (Å²) in [5.74, 6) is 0.457. The number of hydrogen-bond acceptors (Lipinski definition) is 4. The highest BCUT2D eigenvalue weighted by atomic mass is 32.2. The van der Waals surface area contributed by atoms with Gasteiger partial charge in [-0.1, -0.05) is 37.5 Å². The van der Waals surface area contributed by atoms with Crippen LogP contribution < -0.4 is 20.1 Å². The van der Waals surface area contributed by atoms with E-state index in [9.17, 15) is 8.42 Å². The predicted octanol–water partition coefficient (Wildman–Crippen LogP) is 4.12. The quantitative estimate of drug-likeness (QED) is 0.612. The maximum absolute atomic E-state index is 12.8.